The van der Waals surface area contributed by atoms with Crippen molar-refractivity contribution in [2.45, 2.75) is 19.4 Å². The molecule has 4 nitrogen and oxygen atoms in total. The Kier molecular flexibility index (Phi) is 5.58. The molecular weight excluding hydrogens is 237 g/mol. The van der Waals surface area contributed by atoms with Crippen molar-refractivity contribution in [2.24, 2.45) is 0 Å². The number of benzene rings is 1. The summed E-state index contributed by atoms with van der Waals surface area (Å²) in [6.07, 6.45) is 0.486. The highest BCUT2D eigenvalue weighted by Crippen LogP contribution is 2.16. The van der Waals surface area contributed by atoms with Crippen molar-refractivity contribution >= 4 is 5.97 Å². The first-order valence-corrected chi connectivity index (χ1v) is 5.72. The molecule has 0 aliphatic rings. The molecule has 1 rings (SSSR count). The number of esters is 1. The molecule has 0 bridgehead atoms. The van der Waals surface area contributed by atoms with Gasteiger partial charge in [0.2, 0.25) is 0 Å². The summed E-state index contributed by atoms with van der Waals surface area (Å²) in [5, 5.41) is 2.84. The molecule has 0 radical (unpaired) electrons. The van der Waals surface area contributed by atoms with Crippen molar-refractivity contribution < 1.29 is 18.7 Å². The van der Waals surface area contributed by atoms with E-state index in [1.165, 1.54) is 13.2 Å². The Morgan fingerprint density at radius 1 is 1.50 bits per heavy atom. The number of likely N-dealkylation sites (N-methyl/N-ethyl adjacent to an activating group) is 1. The van der Waals surface area contributed by atoms with Crippen LogP contribution >= 0.6 is 0 Å². The third kappa shape index (κ3) is 4.00. The molecule has 100 valence electrons. The normalized spacial score (nSPS) is 12.0. The van der Waals surface area contributed by atoms with Crippen LogP contribution in [0.3, 0.4) is 0 Å². The number of carbonyl (C=O) groups excluding carboxylic acids is 1. The van der Waals surface area contributed by atoms with Crippen molar-refractivity contribution in [1.29, 1.82) is 0 Å². The second kappa shape index (κ2) is 6.96. The second-order valence-electron chi connectivity index (χ2n) is 3.91. The van der Waals surface area contributed by atoms with Crippen LogP contribution in [0.15, 0.2) is 18.2 Å². The van der Waals surface area contributed by atoms with Gasteiger partial charge in [0.1, 0.15) is 17.6 Å². The summed E-state index contributed by atoms with van der Waals surface area (Å²) >= 11 is 0. The number of rotatable bonds is 6. The molecule has 5 heteroatoms. The number of ether oxygens (including phenoxy) is 2. The van der Waals surface area contributed by atoms with Crippen LogP contribution in [0.25, 0.3) is 0 Å². The van der Waals surface area contributed by atoms with Crippen LogP contribution in [0.4, 0.5) is 4.39 Å². The van der Waals surface area contributed by atoms with Crippen molar-refractivity contribution in [3.63, 3.8) is 0 Å². The van der Waals surface area contributed by atoms with Crippen LogP contribution in [0.2, 0.25) is 0 Å². The molecule has 0 saturated carbocycles. The lowest BCUT2D eigenvalue weighted by Crippen LogP contribution is -2.36. The molecule has 0 amide bonds. The third-order valence-electron chi connectivity index (χ3n) is 2.64. The molecule has 0 aliphatic heterocycles. The van der Waals surface area contributed by atoms with Crippen molar-refractivity contribution in [3.8, 4) is 5.75 Å². The van der Waals surface area contributed by atoms with Crippen LogP contribution in [0.1, 0.15) is 12.0 Å². The van der Waals surface area contributed by atoms with Gasteiger partial charge in [-0.1, -0.05) is 0 Å². The maximum atomic E-state index is 13.0. The van der Waals surface area contributed by atoms with Gasteiger partial charge >= 0.3 is 5.97 Å². The third-order valence-corrected chi connectivity index (χ3v) is 2.64. The molecule has 0 aliphatic carbocycles. The Morgan fingerprint density at radius 2 is 2.22 bits per heavy atom. The smallest absolute Gasteiger partial charge is 0.322 e. The summed E-state index contributed by atoms with van der Waals surface area (Å²) < 4.78 is 23.1. The van der Waals surface area contributed by atoms with E-state index in [2.05, 4.69) is 10.1 Å². The average molecular weight is 255 g/mol. The first kappa shape index (κ1) is 14.4. The number of carbonyl (C=O) groups is 1. The Bertz CT molecular complexity index is 409. The zero-order chi connectivity index (χ0) is 13.5. The predicted molar refractivity (Wildman–Crippen MR) is 66.1 cm³/mol. The van der Waals surface area contributed by atoms with Gasteiger partial charge in [-0.15, -0.1) is 0 Å². The van der Waals surface area contributed by atoms with Gasteiger partial charge in [0.05, 0.1) is 13.7 Å². The number of halogens is 1. The van der Waals surface area contributed by atoms with Gasteiger partial charge in [-0.2, -0.15) is 0 Å². The summed E-state index contributed by atoms with van der Waals surface area (Å²) in [7, 11) is 3.03. The molecule has 1 N–H and O–H groups in total. The zero-order valence-corrected chi connectivity index (χ0v) is 10.8. The summed E-state index contributed by atoms with van der Waals surface area (Å²) in [6.45, 7) is 2.03. The van der Waals surface area contributed by atoms with Crippen LogP contribution in [0, 0.1) is 12.7 Å². The minimum absolute atomic E-state index is 0.259. The molecule has 0 fully saturated rings. The van der Waals surface area contributed by atoms with E-state index < -0.39 is 6.04 Å². The molecule has 0 heterocycles. The van der Waals surface area contributed by atoms with E-state index >= 15 is 0 Å². The van der Waals surface area contributed by atoms with E-state index in [4.69, 9.17) is 4.74 Å². The fourth-order valence-electron chi connectivity index (χ4n) is 1.52. The van der Waals surface area contributed by atoms with E-state index in [9.17, 15) is 9.18 Å². The van der Waals surface area contributed by atoms with Gasteiger partial charge in [0.25, 0.3) is 0 Å². The van der Waals surface area contributed by atoms with Crippen LogP contribution < -0.4 is 10.1 Å². The number of hydrogen-bond acceptors (Lipinski definition) is 4. The number of nitrogens with one attached hydrogen (secondary N) is 1. The molecule has 1 unspecified atom stereocenters. The average Bonchev–Trinajstić information content (AvgIpc) is 2.38. The molecule has 1 atom stereocenters. The van der Waals surface area contributed by atoms with E-state index in [0.717, 1.165) is 0 Å². The molecule has 0 saturated heterocycles. The van der Waals surface area contributed by atoms with Gasteiger partial charge in [-0.25, -0.2) is 4.39 Å². The first-order chi connectivity index (χ1) is 8.58. The highest BCUT2D eigenvalue weighted by Gasteiger charge is 2.16. The van der Waals surface area contributed by atoms with Crippen LogP contribution in [0.5, 0.6) is 5.75 Å². The van der Waals surface area contributed by atoms with Gasteiger partial charge in [0.15, 0.2) is 0 Å². The Labute approximate surface area is 106 Å². The van der Waals surface area contributed by atoms with Crippen molar-refractivity contribution in [3.05, 3.63) is 29.6 Å². The van der Waals surface area contributed by atoms with Gasteiger partial charge in [-0.3, -0.25) is 4.79 Å². The maximum absolute atomic E-state index is 13.0. The Hall–Kier alpha value is -1.62. The molecule has 1 aromatic carbocycles. The summed E-state index contributed by atoms with van der Waals surface area (Å²) in [6, 6.07) is 4.16. The molecular formula is C13H18FNO3. The fraction of sp³-hybridized carbons (Fsp3) is 0.462. The van der Waals surface area contributed by atoms with Gasteiger partial charge in [-0.05, 0) is 37.7 Å². The predicted octanol–water partition coefficient (Wildman–Crippen LogP) is 1.66. The molecule has 18 heavy (non-hydrogen) atoms. The van der Waals surface area contributed by atoms with Crippen LogP contribution in [-0.4, -0.2) is 32.8 Å². The summed E-state index contributed by atoms with van der Waals surface area (Å²) in [5.41, 5.74) is 0.533. The maximum Gasteiger partial charge on any atom is 0.322 e. The van der Waals surface area contributed by atoms with E-state index in [0.29, 0.717) is 24.3 Å². The quantitative estimate of drug-likeness (QED) is 0.785. The van der Waals surface area contributed by atoms with E-state index in [-0.39, 0.29) is 11.8 Å². The lowest BCUT2D eigenvalue weighted by molar-refractivity contribution is -0.143. The number of hydrogen-bond donors (Lipinski definition) is 1. The van der Waals surface area contributed by atoms with Crippen LogP contribution in [-0.2, 0) is 9.53 Å². The molecule has 1 aromatic rings. The van der Waals surface area contributed by atoms with E-state index in [1.807, 2.05) is 0 Å². The fourth-order valence-corrected chi connectivity index (χ4v) is 1.52. The van der Waals surface area contributed by atoms with Crippen molar-refractivity contribution in [2.75, 3.05) is 20.8 Å². The lowest BCUT2D eigenvalue weighted by Gasteiger charge is -2.14. The monoisotopic (exact) mass is 255 g/mol. The largest absolute Gasteiger partial charge is 0.494 e. The second-order valence-corrected chi connectivity index (χ2v) is 3.91. The summed E-state index contributed by atoms with van der Waals surface area (Å²) in [4.78, 5) is 11.3. The van der Waals surface area contributed by atoms with Gasteiger partial charge in [0, 0.05) is 6.42 Å². The Morgan fingerprint density at radius 3 is 2.78 bits per heavy atom. The lowest BCUT2D eigenvalue weighted by atomic mass is 10.2. The first-order valence-electron chi connectivity index (χ1n) is 5.72. The highest BCUT2D eigenvalue weighted by molar-refractivity contribution is 5.75. The summed E-state index contributed by atoms with van der Waals surface area (Å²) in [5.74, 6) is 0.00928. The van der Waals surface area contributed by atoms with Gasteiger partial charge < -0.3 is 14.8 Å². The number of aryl methyl sites for hydroxylation is 1. The topological polar surface area (TPSA) is 47.6 Å². The van der Waals surface area contributed by atoms with E-state index in [1.54, 1.807) is 26.1 Å². The standard InChI is InChI=1S/C13H18FNO3/c1-9-8-10(4-5-11(9)14)18-7-6-12(15-2)13(16)17-3/h4-5,8,12,15H,6-7H2,1-3H3. The van der Waals surface area contributed by atoms with Crippen molar-refractivity contribution in [1.82, 2.24) is 5.32 Å². The Balaban J connectivity index is 2.45. The minimum atomic E-state index is -0.392. The number of methoxy groups -OCH3 is 1. The molecule has 0 aromatic heterocycles. The molecule has 0 spiro atoms. The minimum Gasteiger partial charge on any atom is -0.494 e. The SMILES string of the molecule is CNC(CCOc1ccc(F)c(C)c1)C(=O)OC. The highest BCUT2D eigenvalue weighted by atomic mass is 19.1. The zero-order valence-electron chi connectivity index (χ0n) is 10.8.